The minimum Gasteiger partial charge on any atom is -0.456 e. The van der Waals surface area contributed by atoms with Crippen LogP contribution >= 0.6 is 11.3 Å². The fourth-order valence-corrected chi connectivity index (χ4v) is 3.77. The number of fused-ring (bicyclic) bond motifs is 1. The van der Waals surface area contributed by atoms with Crippen molar-refractivity contribution in [2.75, 3.05) is 0 Å². The third-order valence-corrected chi connectivity index (χ3v) is 4.77. The molecule has 0 saturated carbocycles. The van der Waals surface area contributed by atoms with Crippen molar-refractivity contribution in [3.05, 3.63) is 31.3 Å². The lowest BCUT2D eigenvalue weighted by atomic mass is 10.1. The normalized spacial score (nSPS) is 11.7. The monoisotopic (exact) mass is 366 g/mol. The Morgan fingerprint density at radius 3 is 2.32 bits per heavy atom. The van der Waals surface area contributed by atoms with Crippen molar-refractivity contribution < 1.29 is 14.3 Å². The largest absolute Gasteiger partial charge is 0.456 e. The highest BCUT2D eigenvalue weighted by atomic mass is 32.1. The maximum absolute atomic E-state index is 12.8. The molecule has 7 nitrogen and oxygen atoms in total. The summed E-state index contributed by atoms with van der Waals surface area (Å²) in [6.07, 6.45) is 1.09. The molecule has 2 heterocycles. The number of ether oxygens (including phenoxy) is 1. The Hall–Kier alpha value is -2.22. The second kappa shape index (κ2) is 6.95. The molecule has 0 atom stereocenters. The molecule has 0 spiro atoms. The lowest BCUT2D eigenvalue weighted by molar-refractivity contribution is 0.00741. The molecule has 0 aliphatic carbocycles. The van der Waals surface area contributed by atoms with Gasteiger partial charge in [0, 0.05) is 13.1 Å². The van der Waals surface area contributed by atoms with E-state index in [1.165, 1.54) is 4.57 Å². The van der Waals surface area contributed by atoms with Gasteiger partial charge in [0.15, 0.2) is 6.29 Å². The number of hydrogen-bond donors (Lipinski definition) is 0. The fourth-order valence-electron chi connectivity index (χ4n) is 2.57. The summed E-state index contributed by atoms with van der Waals surface area (Å²) in [5.74, 6) is -0.674. The number of aldehydes is 1. The lowest BCUT2D eigenvalue weighted by Crippen LogP contribution is -2.39. The van der Waals surface area contributed by atoms with Crippen molar-refractivity contribution in [3.63, 3.8) is 0 Å². The van der Waals surface area contributed by atoms with E-state index >= 15 is 0 Å². The molecule has 0 bridgehead atoms. The molecule has 0 amide bonds. The van der Waals surface area contributed by atoms with Crippen LogP contribution in [0.2, 0.25) is 0 Å². The summed E-state index contributed by atoms with van der Waals surface area (Å²) in [5, 5.41) is 0.107. The molecule has 25 heavy (non-hydrogen) atoms. The Balaban J connectivity index is 2.87. The van der Waals surface area contributed by atoms with E-state index in [1.807, 2.05) is 6.92 Å². The Kier molecular flexibility index (Phi) is 5.31. The Morgan fingerprint density at radius 1 is 1.20 bits per heavy atom. The van der Waals surface area contributed by atoms with Gasteiger partial charge in [-0.2, -0.15) is 0 Å². The summed E-state index contributed by atoms with van der Waals surface area (Å²) in [5.41, 5.74) is -1.72. The highest BCUT2D eigenvalue weighted by molar-refractivity contribution is 7.20. The zero-order valence-corrected chi connectivity index (χ0v) is 15.9. The van der Waals surface area contributed by atoms with Gasteiger partial charge in [0.1, 0.15) is 15.3 Å². The molecule has 136 valence electrons. The molecular formula is C17H22N2O5S. The van der Waals surface area contributed by atoms with E-state index in [4.69, 9.17) is 4.74 Å². The number of thiophene rings is 1. The van der Waals surface area contributed by atoms with Crippen molar-refractivity contribution >= 4 is 33.8 Å². The molecule has 8 heteroatoms. The summed E-state index contributed by atoms with van der Waals surface area (Å²) in [6.45, 7) is 9.36. The molecule has 0 aliphatic rings. The van der Waals surface area contributed by atoms with Gasteiger partial charge in [0.25, 0.3) is 5.56 Å². The standard InChI is InChI=1S/C17H22N2O5S/c1-6-8-19-13(21)11-10(9-20)12(15(22)24-17(3,4)5)25-14(11)18(7-2)16(19)23/h9H,6-8H2,1-5H3. The van der Waals surface area contributed by atoms with Crippen LogP contribution in [-0.2, 0) is 17.8 Å². The fraction of sp³-hybridized carbons (Fsp3) is 0.529. The molecule has 2 rings (SSSR count). The number of esters is 1. The summed E-state index contributed by atoms with van der Waals surface area (Å²) in [4.78, 5) is 49.8. The number of carbonyl (C=O) groups excluding carboxylic acids is 2. The van der Waals surface area contributed by atoms with Gasteiger partial charge in [0.2, 0.25) is 0 Å². The first-order chi connectivity index (χ1) is 11.7. The maximum atomic E-state index is 12.8. The van der Waals surface area contributed by atoms with Crippen molar-refractivity contribution in [2.24, 2.45) is 0 Å². The van der Waals surface area contributed by atoms with Crippen LogP contribution in [0.4, 0.5) is 0 Å². The number of aromatic nitrogens is 2. The lowest BCUT2D eigenvalue weighted by Gasteiger charge is -2.18. The van der Waals surface area contributed by atoms with Gasteiger partial charge >= 0.3 is 11.7 Å². The van der Waals surface area contributed by atoms with Gasteiger partial charge in [-0.15, -0.1) is 11.3 Å². The highest BCUT2D eigenvalue weighted by Gasteiger charge is 2.27. The van der Waals surface area contributed by atoms with Crippen molar-refractivity contribution in [1.82, 2.24) is 9.13 Å². The van der Waals surface area contributed by atoms with Gasteiger partial charge in [0.05, 0.1) is 10.9 Å². The first kappa shape index (κ1) is 19.1. The molecule has 0 unspecified atom stereocenters. The molecule has 0 N–H and O–H groups in total. The predicted molar refractivity (Wildman–Crippen MR) is 96.9 cm³/mol. The third kappa shape index (κ3) is 3.44. The van der Waals surface area contributed by atoms with E-state index in [0.717, 1.165) is 15.9 Å². The second-order valence-corrected chi connectivity index (χ2v) is 7.63. The molecule has 2 aromatic rings. The van der Waals surface area contributed by atoms with Crippen LogP contribution in [0.1, 0.15) is 61.1 Å². The van der Waals surface area contributed by atoms with Crippen LogP contribution in [0.25, 0.3) is 10.2 Å². The molecule has 2 aromatic heterocycles. The minimum absolute atomic E-state index is 0.00805. The topological polar surface area (TPSA) is 87.4 Å². The van der Waals surface area contributed by atoms with Crippen LogP contribution in [-0.4, -0.2) is 27.0 Å². The van der Waals surface area contributed by atoms with Gasteiger partial charge < -0.3 is 4.74 Å². The number of nitrogens with zero attached hydrogens (tertiary/aromatic N) is 2. The van der Waals surface area contributed by atoms with Crippen molar-refractivity contribution in [3.8, 4) is 0 Å². The van der Waals surface area contributed by atoms with Crippen LogP contribution in [0.15, 0.2) is 9.59 Å². The molecule has 0 aromatic carbocycles. The van der Waals surface area contributed by atoms with Gasteiger partial charge in [-0.05, 0) is 34.1 Å². The molecule has 0 radical (unpaired) electrons. The first-order valence-electron chi connectivity index (χ1n) is 8.14. The predicted octanol–water partition coefficient (Wildman–Crippen LogP) is 2.42. The van der Waals surface area contributed by atoms with Gasteiger partial charge in [-0.3, -0.25) is 18.7 Å². The minimum atomic E-state index is -0.736. The zero-order chi connectivity index (χ0) is 18.9. The van der Waals surface area contributed by atoms with Crippen LogP contribution in [0.5, 0.6) is 0 Å². The first-order valence-corrected chi connectivity index (χ1v) is 8.96. The number of rotatable bonds is 5. The van der Waals surface area contributed by atoms with Crippen molar-refractivity contribution in [2.45, 2.75) is 59.7 Å². The number of hydrogen-bond acceptors (Lipinski definition) is 6. The third-order valence-electron chi connectivity index (χ3n) is 3.56. The summed E-state index contributed by atoms with van der Waals surface area (Å²) in [7, 11) is 0. The average molecular weight is 366 g/mol. The molecule has 0 aliphatic heterocycles. The van der Waals surface area contributed by atoms with Crippen molar-refractivity contribution in [1.29, 1.82) is 0 Å². The second-order valence-electron chi connectivity index (χ2n) is 6.63. The van der Waals surface area contributed by atoms with Crippen LogP contribution in [0.3, 0.4) is 0 Å². The Morgan fingerprint density at radius 2 is 1.84 bits per heavy atom. The average Bonchev–Trinajstić information content (AvgIpc) is 2.90. The Labute approximate surface area is 148 Å². The van der Waals surface area contributed by atoms with E-state index in [9.17, 15) is 19.2 Å². The van der Waals surface area contributed by atoms with Crippen LogP contribution in [0, 0.1) is 0 Å². The maximum Gasteiger partial charge on any atom is 0.349 e. The smallest absolute Gasteiger partial charge is 0.349 e. The van der Waals surface area contributed by atoms with E-state index in [-0.39, 0.29) is 22.4 Å². The van der Waals surface area contributed by atoms with E-state index in [1.54, 1.807) is 27.7 Å². The molecular weight excluding hydrogens is 344 g/mol. The zero-order valence-electron chi connectivity index (χ0n) is 15.0. The van der Waals surface area contributed by atoms with Crippen LogP contribution < -0.4 is 11.2 Å². The van der Waals surface area contributed by atoms with Gasteiger partial charge in [-0.1, -0.05) is 6.92 Å². The van der Waals surface area contributed by atoms with E-state index in [2.05, 4.69) is 0 Å². The van der Waals surface area contributed by atoms with E-state index in [0.29, 0.717) is 24.1 Å². The highest BCUT2D eigenvalue weighted by Crippen LogP contribution is 2.29. The summed E-state index contributed by atoms with van der Waals surface area (Å²) >= 11 is 0.947. The Bertz CT molecular complexity index is 943. The molecule has 0 saturated heterocycles. The summed E-state index contributed by atoms with van der Waals surface area (Å²) in [6, 6.07) is 0. The number of aryl methyl sites for hydroxylation is 1. The SMILES string of the molecule is CCCn1c(=O)c2c(C=O)c(C(=O)OC(C)(C)C)sc2n(CC)c1=O. The number of carbonyl (C=O) groups is 2. The molecule has 0 fully saturated rings. The quantitative estimate of drug-likeness (QED) is 0.599. The van der Waals surface area contributed by atoms with Gasteiger partial charge in [-0.25, -0.2) is 9.59 Å². The van der Waals surface area contributed by atoms with E-state index < -0.39 is 22.8 Å². The summed E-state index contributed by atoms with van der Waals surface area (Å²) < 4.78 is 7.86.